The first-order chi connectivity index (χ1) is 13.5. The summed E-state index contributed by atoms with van der Waals surface area (Å²) in [7, 11) is 0. The minimum Gasteiger partial charge on any atom is -0.338 e. The molecule has 0 spiro atoms. The fourth-order valence-electron chi connectivity index (χ4n) is 2.91. The van der Waals surface area contributed by atoms with Gasteiger partial charge in [-0.2, -0.15) is 0 Å². The molecule has 2 heterocycles. The van der Waals surface area contributed by atoms with E-state index in [1.165, 1.54) is 0 Å². The van der Waals surface area contributed by atoms with E-state index in [-0.39, 0.29) is 22.5 Å². The van der Waals surface area contributed by atoms with Gasteiger partial charge in [-0.1, -0.05) is 30.3 Å². The van der Waals surface area contributed by atoms with Crippen molar-refractivity contribution in [1.29, 1.82) is 0 Å². The third-order valence-electron chi connectivity index (χ3n) is 4.18. The summed E-state index contributed by atoms with van der Waals surface area (Å²) in [6, 6.07) is 14.0. The predicted octanol–water partition coefficient (Wildman–Crippen LogP) is 4.17. The van der Waals surface area contributed by atoms with Gasteiger partial charge in [0, 0.05) is 23.4 Å². The Morgan fingerprint density at radius 3 is 2.14 bits per heavy atom. The average molecular weight is 377 g/mol. The molecule has 138 valence electrons. The van der Waals surface area contributed by atoms with Gasteiger partial charge in [0.15, 0.2) is 5.82 Å². The van der Waals surface area contributed by atoms with Crippen molar-refractivity contribution in [2.45, 2.75) is 0 Å². The summed E-state index contributed by atoms with van der Waals surface area (Å²) in [4.78, 5) is 30.3. The lowest BCUT2D eigenvalue weighted by Crippen LogP contribution is -2.21. The van der Waals surface area contributed by atoms with Crippen molar-refractivity contribution in [2.24, 2.45) is 0 Å². The smallest absolute Gasteiger partial charge is 0.200 e. The zero-order valence-electron chi connectivity index (χ0n) is 14.4. The van der Waals surface area contributed by atoms with E-state index in [1.54, 1.807) is 48.7 Å². The van der Waals surface area contributed by atoms with Crippen LogP contribution in [0.25, 0.3) is 0 Å². The number of carbonyl (C=O) groups excluding carboxylic acids is 2. The molecule has 0 atom stereocenters. The lowest BCUT2D eigenvalue weighted by Gasteiger charge is -2.11. The van der Waals surface area contributed by atoms with Crippen LogP contribution in [-0.4, -0.2) is 16.6 Å². The highest BCUT2D eigenvalue weighted by Gasteiger charge is 2.30. The Morgan fingerprint density at radius 1 is 0.786 bits per heavy atom. The van der Waals surface area contributed by atoms with Crippen LogP contribution in [-0.2, 0) is 0 Å². The quantitative estimate of drug-likeness (QED) is 0.309. The van der Waals surface area contributed by atoms with Gasteiger partial charge in [-0.15, -0.1) is 0 Å². The molecule has 1 aliphatic heterocycles. The van der Waals surface area contributed by atoms with Crippen molar-refractivity contribution in [2.75, 3.05) is 10.6 Å². The van der Waals surface area contributed by atoms with Gasteiger partial charge in [0.05, 0.1) is 5.69 Å². The zero-order chi connectivity index (χ0) is 19.7. The Hall–Kier alpha value is -3.87. The molecule has 0 amide bonds. The van der Waals surface area contributed by atoms with Crippen LogP contribution in [0.2, 0.25) is 0 Å². The third kappa shape index (κ3) is 3.25. The van der Waals surface area contributed by atoms with Crippen molar-refractivity contribution >= 4 is 23.1 Å². The third-order valence-corrected chi connectivity index (χ3v) is 4.18. The van der Waals surface area contributed by atoms with E-state index < -0.39 is 23.2 Å². The zero-order valence-corrected chi connectivity index (χ0v) is 14.4. The van der Waals surface area contributed by atoms with E-state index in [0.29, 0.717) is 17.6 Å². The second-order valence-electron chi connectivity index (χ2n) is 6.08. The maximum atomic E-state index is 13.6. The van der Waals surface area contributed by atoms with Crippen LogP contribution in [0, 0.1) is 11.6 Å². The molecule has 0 bridgehead atoms. The topological polar surface area (TPSA) is 71.1 Å². The first kappa shape index (κ1) is 17.5. The van der Waals surface area contributed by atoms with Gasteiger partial charge in [0.1, 0.15) is 23.0 Å². The number of fused-ring (bicyclic) bond motifs is 1. The van der Waals surface area contributed by atoms with Crippen molar-refractivity contribution in [3.05, 3.63) is 101 Å². The fourth-order valence-corrected chi connectivity index (χ4v) is 2.91. The standard InChI is InChI=1S/C21H13F2N3O2/c22-14-9-13(10-15(23)11-14)19(28)17(18(27)12-5-2-1-3-6-12)21-25-16-7-4-8-24-20(16)26-21/h1-11,25H,(H,24,26)/b21-17-. The predicted molar refractivity (Wildman–Crippen MR) is 100.0 cm³/mol. The second-order valence-corrected chi connectivity index (χ2v) is 6.08. The van der Waals surface area contributed by atoms with Gasteiger partial charge in [-0.25, -0.2) is 13.8 Å². The number of nitrogens with one attached hydrogen (secondary N) is 2. The highest BCUT2D eigenvalue weighted by atomic mass is 19.1. The van der Waals surface area contributed by atoms with Crippen molar-refractivity contribution in [3.8, 4) is 0 Å². The van der Waals surface area contributed by atoms with Crippen LogP contribution in [0.3, 0.4) is 0 Å². The summed E-state index contributed by atoms with van der Waals surface area (Å²) in [5.74, 6) is -2.66. The molecule has 4 rings (SSSR count). The molecule has 28 heavy (non-hydrogen) atoms. The Morgan fingerprint density at radius 2 is 1.46 bits per heavy atom. The number of pyridine rings is 1. The monoisotopic (exact) mass is 377 g/mol. The second kappa shape index (κ2) is 7.03. The maximum Gasteiger partial charge on any atom is 0.200 e. The Bertz CT molecular complexity index is 1080. The van der Waals surface area contributed by atoms with Crippen LogP contribution >= 0.6 is 0 Å². The molecule has 0 aliphatic carbocycles. The van der Waals surface area contributed by atoms with Crippen LogP contribution in [0.5, 0.6) is 0 Å². The van der Waals surface area contributed by atoms with E-state index in [1.807, 2.05) is 0 Å². The van der Waals surface area contributed by atoms with Gasteiger partial charge in [-0.05, 0) is 24.3 Å². The lowest BCUT2D eigenvalue weighted by atomic mass is 9.95. The van der Waals surface area contributed by atoms with Crippen molar-refractivity contribution in [3.63, 3.8) is 0 Å². The van der Waals surface area contributed by atoms with Crippen LogP contribution in [0.15, 0.2) is 78.3 Å². The van der Waals surface area contributed by atoms with Crippen molar-refractivity contribution < 1.29 is 18.4 Å². The summed E-state index contributed by atoms with van der Waals surface area (Å²) in [5.41, 5.74) is 0.308. The molecule has 0 saturated heterocycles. The molecular weight excluding hydrogens is 364 g/mol. The molecule has 0 unspecified atom stereocenters. The number of aromatic nitrogens is 1. The summed E-state index contributed by atoms with van der Waals surface area (Å²) in [6.45, 7) is 0. The number of Topliss-reactive ketones (excluding diaryl/α,β-unsaturated/α-hetero) is 2. The Kier molecular flexibility index (Phi) is 4.41. The summed E-state index contributed by atoms with van der Waals surface area (Å²) >= 11 is 0. The normalized spacial score (nSPS) is 13.9. The number of nitrogens with zero attached hydrogens (tertiary/aromatic N) is 1. The minimum atomic E-state index is -0.905. The lowest BCUT2D eigenvalue weighted by molar-refractivity contribution is 0.0960. The SMILES string of the molecule is O=C(/C(C(=O)c1cc(F)cc(F)c1)=C1\Nc2cccnc2N1)c1ccccc1. The van der Waals surface area contributed by atoms with E-state index >= 15 is 0 Å². The minimum absolute atomic E-state index is 0.109. The molecule has 1 aliphatic rings. The largest absolute Gasteiger partial charge is 0.338 e. The van der Waals surface area contributed by atoms with Crippen LogP contribution in [0.1, 0.15) is 20.7 Å². The molecule has 2 aromatic carbocycles. The summed E-state index contributed by atoms with van der Waals surface area (Å²) < 4.78 is 27.3. The highest BCUT2D eigenvalue weighted by Crippen LogP contribution is 2.31. The Balaban J connectivity index is 1.84. The van der Waals surface area contributed by atoms with Gasteiger partial charge in [0.2, 0.25) is 11.6 Å². The number of carbonyl (C=O) groups is 2. The van der Waals surface area contributed by atoms with Gasteiger partial charge in [-0.3, -0.25) is 9.59 Å². The number of rotatable bonds is 4. The maximum absolute atomic E-state index is 13.6. The fraction of sp³-hybridized carbons (Fsp3) is 0. The molecule has 0 radical (unpaired) electrons. The van der Waals surface area contributed by atoms with Gasteiger partial charge in [0.25, 0.3) is 0 Å². The van der Waals surface area contributed by atoms with Crippen molar-refractivity contribution in [1.82, 2.24) is 4.98 Å². The molecule has 0 saturated carbocycles. The number of hydrogen-bond acceptors (Lipinski definition) is 5. The molecule has 5 nitrogen and oxygen atoms in total. The first-order valence-corrected chi connectivity index (χ1v) is 8.37. The Labute approximate surface area is 158 Å². The molecule has 0 fully saturated rings. The number of halogens is 2. The summed E-state index contributed by atoms with van der Waals surface area (Å²) in [6.07, 6.45) is 1.55. The van der Waals surface area contributed by atoms with Crippen LogP contribution < -0.4 is 10.6 Å². The molecule has 3 aromatic rings. The highest BCUT2D eigenvalue weighted by molar-refractivity contribution is 6.32. The molecule has 2 N–H and O–H groups in total. The number of allylic oxidation sites excluding steroid dienone is 1. The molecule has 7 heteroatoms. The van der Waals surface area contributed by atoms with E-state index in [2.05, 4.69) is 15.6 Å². The number of anilines is 2. The number of ketones is 2. The molecule has 1 aromatic heterocycles. The van der Waals surface area contributed by atoms with E-state index in [4.69, 9.17) is 0 Å². The summed E-state index contributed by atoms with van der Waals surface area (Å²) in [5, 5.41) is 5.84. The number of benzene rings is 2. The van der Waals surface area contributed by atoms with E-state index in [0.717, 1.165) is 12.1 Å². The van der Waals surface area contributed by atoms with E-state index in [9.17, 15) is 18.4 Å². The average Bonchev–Trinajstić information content (AvgIpc) is 3.11. The molecular formula is C21H13F2N3O2. The van der Waals surface area contributed by atoms with Gasteiger partial charge < -0.3 is 10.6 Å². The van der Waals surface area contributed by atoms with Gasteiger partial charge >= 0.3 is 0 Å². The first-order valence-electron chi connectivity index (χ1n) is 8.37. The van der Waals surface area contributed by atoms with Crippen LogP contribution in [0.4, 0.5) is 20.3 Å². The number of hydrogen-bond donors (Lipinski definition) is 2.